The number of nitrogens with zero attached hydrogens (tertiary/aromatic N) is 5. The highest BCUT2D eigenvalue weighted by molar-refractivity contribution is 6.08. The van der Waals surface area contributed by atoms with Crippen LogP contribution in [0.15, 0.2) is 108 Å². The Bertz CT molecular complexity index is 1780. The molecule has 186 valence electrons. The molecule has 6 aromatic rings. The van der Waals surface area contributed by atoms with Gasteiger partial charge in [-0.3, -0.25) is 9.55 Å². The maximum absolute atomic E-state index is 6.42. The second kappa shape index (κ2) is 8.81. The van der Waals surface area contributed by atoms with Crippen LogP contribution in [0.5, 0.6) is 11.5 Å². The zero-order valence-corrected chi connectivity index (χ0v) is 21.1. The largest absolute Gasteiger partial charge is 0.457 e. The van der Waals surface area contributed by atoms with Crippen molar-refractivity contribution in [1.29, 1.82) is 0 Å². The first-order valence-corrected chi connectivity index (χ1v) is 12.5. The number of anilines is 1. The number of ether oxygens (including phenoxy) is 1. The first kappa shape index (κ1) is 22.2. The molecule has 0 N–H and O–H groups in total. The van der Waals surface area contributed by atoms with E-state index in [1.165, 1.54) is 0 Å². The van der Waals surface area contributed by atoms with Crippen LogP contribution in [0.1, 0.15) is 5.69 Å². The fourth-order valence-corrected chi connectivity index (χ4v) is 5.00. The number of rotatable bonds is 5. The number of hydrogen-bond acceptors (Lipinski definition) is 6. The molecule has 0 amide bonds. The quantitative estimate of drug-likeness (QED) is 0.252. The molecule has 7 nitrogen and oxygen atoms in total. The fourth-order valence-electron chi connectivity index (χ4n) is 5.00. The molecule has 4 heterocycles. The molecule has 1 aliphatic heterocycles. The number of aromatic nitrogens is 3. The first-order chi connectivity index (χ1) is 18.6. The van der Waals surface area contributed by atoms with Crippen LogP contribution in [0.3, 0.4) is 0 Å². The van der Waals surface area contributed by atoms with Crippen molar-refractivity contribution in [2.45, 2.75) is 6.92 Å². The third-order valence-electron chi connectivity index (χ3n) is 6.79. The van der Waals surface area contributed by atoms with Gasteiger partial charge in [-0.15, -0.1) is 0 Å². The fraction of sp³-hybridized carbons (Fsp3) is 0.0968. The number of oxazole rings is 1. The number of hydrogen-bond donors (Lipinski definition) is 0. The molecule has 7 heteroatoms. The van der Waals surface area contributed by atoms with Gasteiger partial charge in [0.25, 0.3) is 0 Å². The molecule has 0 spiro atoms. The lowest BCUT2D eigenvalue weighted by molar-refractivity contribution is 0.480. The lowest BCUT2D eigenvalue weighted by Crippen LogP contribution is -2.21. The van der Waals surface area contributed by atoms with Crippen LogP contribution in [-0.2, 0) is 0 Å². The smallest absolute Gasteiger partial charge is 0.229 e. The zero-order valence-electron chi connectivity index (χ0n) is 21.1. The molecule has 0 saturated heterocycles. The first-order valence-electron chi connectivity index (χ1n) is 12.5. The number of pyridine rings is 1. The Morgan fingerprint density at radius 1 is 0.842 bits per heavy atom. The van der Waals surface area contributed by atoms with Crippen molar-refractivity contribution in [2.75, 3.05) is 18.6 Å². The maximum Gasteiger partial charge on any atom is 0.229 e. The van der Waals surface area contributed by atoms with E-state index in [2.05, 4.69) is 57.0 Å². The summed E-state index contributed by atoms with van der Waals surface area (Å²) in [6.45, 7) is 2.79. The topological polar surface area (TPSA) is 59.6 Å². The summed E-state index contributed by atoms with van der Waals surface area (Å²) in [5.74, 6) is 2.72. The summed E-state index contributed by atoms with van der Waals surface area (Å²) in [7, 11) is 2.05. The molecule has 0 saturated carbocycles. The van der Waals surface area contributed by atoms with Crippen molar-refractivity contribution in [3.05, 3.63) is 109 Å². The third-order valence-corrected chi connectivity index (χ3v) is 6.79. The Kier molecular flexibility index (Phi) is 5.14. The Morgan fingerprint density at radius 3 is 2.53 bits per heavy atom. The molecular formula is C31H25N5O2. The minimum atomic E-state index is 0.543. The molecule has 0 bridgehead atoms. The molecule has 3 aromatic heterocycles. The van der Waals surface area contributed by atoms with Gasteiger partial charge in [0, 0.05) is 59.9 Å². The minimum absolute atomic E-state index is 0.543. The van der Waals surface area contributed by atoms with E-state index in [1.54, 1.807) is 6.20 Å². The standard InChI is InChI=1S/C31H25N5O2/c1-21-31(36-28-12-4-3-11-26(28)27-19-32-14-13-29(27)36)38-30(33-21)22-7-5-9-24(17-22)37-25-10-6-8-23(18-25)35-16-15-34(2)20-35/h3-19H,20H2,1-2H3. The van der Waals surface area contributed by atoms with Gasteiger partial charge in [0.15, 0.2) is 0 Å². The summed E-state index contributed by atoms with van der Waals surface area (Å²) >= 11 is 0. The monoisotopic (exact) mass is 499 g/mol. The summed E-state index contributed by atoms with van der Waals surface area (Å²) in [5, 5.41) is 2.20. The van der Waals surface area contributed by atoms with Gasteiger partial charge < -0.3 is 19.0 Å². The summed E-state index contributed by atoms with van der Waals surface area (Å²) < 4.78 is 14.8. The van der Waals surface area contributed by atoms with Crippen LogP contribution in [0.4, 0.5) is 5.69 Å². The summed E-state index contributed by atoms with van der Waals surface area (Å²) in [4.78, 5) is 13.4. The lowest BCUT2D eigenvalue weighted by Gasteiger charge is -2.19. The van der Waals surface area contributed by atoms with Crippen molar-refractivity contribution in [3.8, 4) is 28.8 Å². The van der Waals surface area contributed by atoms with Crippen LogP contribution in [0.2, 0.25) is 0 Å². The van der Waals surface area contributed by atoms with Crippen molar-refractivity contribution in [1.82, 2.24) is 19.4 Å². The van der Waals surface area contributed by atoms with E-state index in [0.717, 1.165) is 51.2 Å². The van der Waals surface area contributed by atoms with Crippen LogP contribution >= 0.6 is 0 Å². The molecule has 0 radical (unpaired) electrons. The minimum Gasteiger partial charge on any atom is -0.457 e. The summed E-state index contributed by atoms with van der Waals surface area (Å²) in [5.41, 5.74) is 4.82. The lowest BCUT2D eigenvalue weighted by atomic mass is 10.2. The van der Waals surface area contributed by atoms with Gasteiger partial charge in [-0.25, -0.2) is 4.98 Å². The highest BCUT2D eigenvalue weighted by Gasteiger charge is 2.19. The van der Waals surface area contributed by atoms with Crippen molar-refractivity contribution in [2.24, 2.45) is 0 Å². The Morgan fingerprint density at radius 2 is 1.66 bits per heavy atom. The van der Waals surface area contributed by atoms with E-state index < -0.39 is 0 Å². The molecule has 0 unspecified atom stereocenters. The SMILES string of the molecule is Cc1nc(-c2cccc(Oc3cccc(N4C=CN(C)C4)c3)c2)oc1-n1c2ccccc2c2cnccc21. The van der Waals surface area contributed by atoms with E-state index in [9.17, 15) is 0 Å². The highest BCUT2D eigenvalue weighted by Crippen LogP contribution is 2.35. The van der Waals surface area contributed by atoms with Gasteiger partial charge in [-0.05, 0) is 49.4 Å². The summed E-state index contributed by atoms with van der Waals surface area (Å²) in [6.07, 6.45) is 7.82. The van der Waals surface area contributed by atoms with Crippen molar-refractivity contribution in [3.63, 3.8) is 0 Å². The summed E-state index contributed by atoms with van der Waals surface area (Å²) in [6, 6.07) is 26.2. The third kappa shape index (κ3) is 3.76. The van der Waals surface area contributed by atoms with E-state index in [1.807, 2.05) is 73.8 Å². The van der Waals surface area contributed by atoms with Gasteiger partial charge in [-0.2, -0.15) is 0 Å². The normalized spacial score (nSPS) is 13.2. The van der Waals surface area contributed by atoms with Gasteiger partial charge in [0.05, 0.1) is 17.7 Å². The number of para-hydroxylation sites is 1. The second-order valence-corrected chi connectivity index (χ2v) is 9.45. The van der Waals surface area contributed by atoms with Crippen molar-refractivity contribution < 1.29 is 9.15 Å². The van der Waals surface area contributed by atoms with Gasteiger partial charge in [0.2, 0.25) is 11.8 Å². The van der Waals surface area contributed by atoms with Crippen LogP contribution in [-0.4, -0.2) is 33.2 Å². The maximum atomic E-state index is 6.42. The Balaban J connectivity index is 1.23. The molecule has 0 atom stereocenters. The molecule has 0 fully saturated rings. The number of aryl methyl sites for hydroxylation is 1. The van der Waals surface area contributed by atoms with E-state index in [-0.39, 0.29) is 0 Å². The Hall–Kier alpha value is -5.04. The van der Waals surface area contributed by atoms with Crippen LogP contribution in [0, 0.1) is 6.92 Å². The van der Waals surface area contributed by atoms with E-state index in [0.29, 0.717) is 17.5 Å². The van der Waals surface area contributed by atoms with E-state index in [4.69, 9.17) is 14.1 Å². The van der Waals surface area contributed by atoms with Crippen LogP contribution in [0.25, 0.3) is 39.1 Å². The number of benzene rings is 3. The molecule has 1 aliphatic rings. The molecule has 3 aromatic carbocycles. The molecule has 0 aliphatic carbocycles. The molecule has 38 heavy (non-hydrogen) atoms. The number of fused-ring (bicyclic) bond motifs is 3. The molecule has 7 rings (SSSR count). The van der Waals surface area contributed by atoms with Gasteiger partial charge in [-0.1, -0.05) is 30.3 Å². The van der Waals surface area contributed by atoms with Gasteiger partial charge in [0.1, 0.15) is 17.2 Å². The highest BCUT2D eigenvalue weighted by atomic mass is 16.5. The molecular weight excluding hydrogens is 474 g/mol. The predicted molar refractivity (Wildman–Crippen MR) is 150 cm³/mol. The zero-order chi connectivity index (χ0) is 25.6. The van der Waals surface area contributed by atoms with Crippen molar-refractivity contribution >= 4 is 27.5 Å². The average Bonchev–Trinajstić information content (AvgIpc) is 3.64. The van der Waals surface area contributed by atoms with E-state index >= 15 is 0 Å². The Labute approximate surface area is 219 Å². The second-order valence-electron chi connectivity index (χ2n) is 9.45. The van der Waals surface area contributed by atoms with Crippen LogP contribution < -0.4 is 9.64 Å². The predicted octanol–water partition coefficient (Wildman–Crippen LogP) is 7.11. The van der Waals surface area contributed by atoms with Gasteiger partial charge >= 0.3 is 0 Å². The average molecular weight is 500 g/mol.